The first-order valence-electron chi connectivity index (χ1n) is 10.1. The minimum absolute atomic E-state index is 0.00909. The molecule has 4 rings (SSSR count). The van der Waals surface area contributed by atoms with E-state index in [2.05, 4.69) is 0 Å². The molecular formula is C23H19F4N3OS. The van der Waals surface area contributed by atoms with Crippen LogP contribution in [0.15, 0.2) is 36.4 Å². The largest absolute Gasteiger partial charge is 0.417 e. The molecular weight excluding hydrogens is 442 g/mol. The van der Waals surface area contributed by atoms with Crippen molar-refractivity contribution in [2.75, 3.05) is 9.80 Å². The van der Waals surface area contributed by atoms with Crippen LogP contribution in [0, 0.1) is 30.0 Å². The summed E-state index contributed by atoms with van der Waals surface area (Å²) in [6.45, 7) is 3.60. The van der Waals surface area contributed by atoms with E-state index in [1.54, 1.807) is 24.0 Å². The maximum atomic E-state index is 14.4. The topological polar surface area (TPSA) is 47.3 Å². The Hall–Kier alpha value is -2.99. The standard InChI is InChI=1S/C23H19F4N3OS/c1-13-7-8-22(11-13)20(31)29(16-6-4-15(12-28)18(9-16)23(25,26)27)21(32)30(22)17-5-3-14(2)19(24)10-17/h3-6,9-10,13H,7-8,11H2,1-2H3. The molecule has 1 aliphatic heterocycles. The number of nitrogens with zero attached hydrogens (tertiary/aromatic N) is 3. The van der Waals surface area contributed by atoms with Crippen molar-refractivity contribution in [3.05, 3.63) is 58.9 Å². The summed E-state index contributed by atoms with van der Waals surface area (Å²) in [7, 11) is 0. The number of anilines is 2. The van der Waals surface area contributed by atoms with E-state index in [-0.39, 0.29) is 16.7 Å². The molecule has 2 aromatic rings. The Labute approximate surface area is 188 Å². The molecule has 0 aromatic heterocycles. The van der Waals surface area contributed by atoms with Gasteiger partial charge in [0.05, 0.1) is 22.9 Å². The summed E-state index contributed by atoms with van der Waals surface area (Å²) in [6, 6.07) is 9.15. The quantitative estimate of drug-likeness (QED) is 0.424. The molecule has 2 aliphatic rings. The monoisotopic (exact) mass is 461 g/mol. The van der Waals surface area contributed by atoms with Gasteiger partial charge in [-0.05, 0) is 80.2 Å². The van der Waals surface area contributed by atoms with Gasteiger partial charge in [-0.2, -0.15) is 18.4 Å². The molecule has 1 aliphatic carbocycles. The Morgan fingerprint density at radius 2 is 1.88 bits per heavy atom. The van der Waals surface area contributed by atoms with Crippen LogP contribution in [0.3, 0.4) is 0 Å². The summed E-state index contributed by atoms with van der Waals surface area (Å²) >= 11 is 5.59. The van der Waals surface area contributed by atoms with Crippen molar-refractivity contribution in [2.45, 2.75) is 44.8 Å². The summed E-state index contributed by atoms with van der Waals surface area (Å²) in [4.78, 5) is 16.4. The van der Waals surface area contributed by atoms with Gasteiger partial charge in [-0.1, -0.05) is 13.0 Å². The molecule has 1 spiro atoms. The van der Waals surface area contributed by atoms with Crippen molar-refractivity contribution < 1.29 is 22.4 Å². The lowest BCUT2D eigenvalue weighted by Gasteiger charge is -2.33. The first-order valence-corrected chi connectivity index (χ1v) is 10.5. The van der Waals surface area contributed by atoms with Gasteiger partial charge in [-0.15, -0.1) is 0 Å². The predicted molar refractivity (Wildman–Crippen MR) is 116 cm³/mol. The zero-order chi connectivity index (χ0) is 23.4. The number of hydrogen-bond acceptors (Lipinski definition) is 3. The van der Waals surface area contributed by atoms with Gasteiger partial charge in [0.25, 0.3) is 5.91 Å². The van der Waals surface area contributed by atoms with Crippen LogP contribution in [0.5, 0.6) is 0 Å². The number of benzene rings is 2. The van der Waals surface area contributed by atoms with Crippen molar-refractivity contribution >= 4 is 34.6 Å². The summed E-state index contributed by atoms with van der Waals surface area (Å²) in [6.07, 6.45) is -3.15. The number of alkyl halides is 3. The molecule has 2 fully saturated rings. The molecule has 1 saturated heterocycles. The zero-order valence-electron chi connectivity index (χ0n) is 17.3. The predicted octanol–water partition coefficient (Wildman–Crippen LogP) is 5.72. The smallest absolute Gasteiger partial charge is 0.303 e. The highest BCUT2D eigenvalue weighted by Crippen LogP contribution is 2.48. The summed E-state index contributed by atoms with van der Waals surface area (Å²) < 4.78 is 55.0. The van der Waals surface area contributed by atoms with Crippen molar-refractivity contribution in [2.24, 2.45) is 5.92 Å². The van der Waals surface area contributed by atoms with Crippen LogP contribution >= 0.6 is 12.2 Å². The fourth-order valence-electron chi connectivity index (χ4n) is 4.65. The van der Waals surface area contributed by atoms with E-state index < -0.39 is 34.6 Å². The maximum absolute atomic E-state index is 14.4. The van der Waals surface area contributed by atoms with Crippen LogP contribution in [0.25, 0.3) is 0 Å². The molecule has 1 amide bonds. The van der Waals surface area contributed by atoms with E-state index in [0.717, 1.165) is 23.5 Å². The second kappa shape index (κ2) is 7.55. The van der Waals surface area contributed by atoms with Gasteiger partial charge < -0.3 is 4.90 Å². The zero-order valence-corrected chi connectivity index (χ0v) is 18.1. The normalized spacial score (nSPS) is 23.3. The number of carbonyl (C=O) groups is 1. The van der Waals surface area contributed by atoms with Gasteiger partial charge >= 0.3 is 6.18 Å². The number of rotatable bonds is 2. The van der Waals surface area contributed by atoms with Gasteiger partial charge in [0.1, 0.15) is 11.4 Å². The van der Waals surface area contributed by atoms with Crippen LogP contribution in [0.4, 0.5) is 28.9 Å². The van der Waals surface area contributed by atoms with Crippen molar-refractivity contribution in [3.63, 3.8) is 0 Å². The Bertz CT molecular complexity index is 1170. The fraction of sp³-hybridized carbons (Fsp3) is 0.348. The van der Waals surface area contributed by atoms with E-state index >= 15 is 0 Å². The van der Waals surface area contributed by atoms with Gasteiger partial charge in [-0.25, -0.2) is 4.39 Å². The van der Waals surface area contributed by atoms with E-state index in [0.29, 0.717) is 24.1 Å². The van der Waals surface area contributed by atoms with Crippen molar-refractivity contribution in [1.29, 1.82) is 5.26 Å². The molecule has 166 valence electrons. The Balaban J connectivity index is 1.87. The number of amides is 1. The molecule has 1 heterocycles. The highest BCUT2D eigenvalue weighted by Gasteiger charge is 2.59. The Morgan fingerprint density at radius 1 is 1.19 bits per heavy atom. The van der Waals surface area contributed by atoms with Gasteiger partial charge in [-0.3, -0.25) is 9.69 Å². The highest BCUT2D eigenvalue weighted by atomic mass is 32.1. The van der Waals surface area contributed by atoms with Crippen LogP contribution in [0.2, 0.25) is 0 Å². The molecule has 2 atom stereocenters. The molecule has 0 radical (unpaired) electrons. The van der Waals surface area contributed by atoms with Gasteiger partial charge in [0, 0.05) is 5.69 Å². The fourth-order valence-corrected chi connectivity index (χ4v) is 5.11. The average Bonchev–Trinajstić information content (AvgIpc) is 3.21. The highest BCUT2D eigenvalue weighted by molar-refractivity contribution is 7.81. The first-order chi connectivity index (χ1) is 15.0. The SMILES string of the molecule is Cc1ccc(N2C(=S)N(c3ccc(C#N)c(C(F)(F)F)c3)C(=O)C23CCC(C)C3)cc1F. The second-order valence-corrected chi connectivity index (χ2v) is 8.78. The third-order valence-corrected chi connectivity index (χ3v) is 6.61. The molecule has 2 unspecified atom stereocenters. The van der Waals surface area contributed by atoms with Crippen molar-refractivity contribution in [1.82, 2.24) is 0 Å². The Morgan fingerprint density at radius 3 is 2.44 bits per heavy atom. The van der Waals surface area contributed by atoms with Crippen LogP contribution < -0.4 is 9.80 Å². The molecule has 9 heteroatoms. The minimum atomic E-state index is -4.77. The second-order valence-electron chi connectivity index (χ2n) is 8.41. The molecule has 0 N–H and O–H groups in total. The molecule has 1 saturated carbocycles. The Kier molecular flexibility index (Phi) is 5.24. The maximum Gasteiger partial charge on any atom is 0.417 e. The van der Waals surface area contributed by atoms with Crippen LogP contribution in [-0.4, -0.2) is 16.6 Å². The summed E-state index contributed by atoms with van der Waals surface area (Å²) in [5.74, 6) is -0.716. The van der Waals surface area contributed by atoms with Crippen molar-refractivity contribution in [3.8, 4) is 6.07 Å². The molecule has 32 heavy (non-hydrogen) atoms. The summed E-state index contributed by atoms with van der Waals surface area (Å²) in [5.41, 5.74) is -2.03. The van der Waals surface area contributed by atoms with E-state index in [1.165, 1.54) is 18.2 Å². The van der Waals surface area contributed by atoms with Gasteiger partial charge in [0.15, 0.2) is 5.11 Å². The molecule has 2 aromatic carbocycles. The number of halogens is 4. The molecule has 4 nitrogen and oxygen atoms in total. The van der Waals surface area contributed by atoms with Crippen LogP contribution in [-0.2, 0) is 11.0 Å². The van der Waals surface area contributed by atoms with E-state index in [4.69, 9.17) is 17.5 Å². The lowest BCUT2D eigenvalue weighted by molar-refractivity contribution is -0.137. The number of carbonyl (C=O) groups excluding carboxylic acids is 1. The lowest BCUT2D eigenvalue weighted by Crippen LogP contribution is -2.48. The van der Waals surface area contributed by atoms with Gasteiger partial charge in [0.2, 0.25) is 0 Å². The number of thiocarbonyl (C=S) groups is 1. The average molecular weight is 461 g/mol. The van der Waals surface area contributed by atoms with E-state index in [1.807, 2.05) is 6.92 Å². The van der Waals surface area contributed by atoms with Crippen LogP contribution in [0.1, 0.15) is 42.9 Å². The first kappa shape index (κ1) is 22.2. The minimum Gasteiger partial charge on any atom is -0.303 e. The number of hydrogen-bond donors (Lipinski definition) is 0. The third-order valence-electron chi connectivity index (χ3n) is 6.25. The third kappa shape index (κ3) is 3.34. The lowest BCUT2D eigenvalue weighted by atomic mass is 9.93. The summed E-state index contributed by atoms with van der Waals surface area (Å²) in [5, 5.41) is 9.07. The number of nitriles is 1. The van der Waals surface area contributed by atoms with E-state index in [9.17, 15) is 22.4 Å². The number of aryl methyl sites for hydroxylation is 1. The molecule has 0 bridgehead atoms.